The molecule has 0 bridgehead atoms. The predicted octanol–water partition coefficient (Wildman–Crippen LogP) is -2.44. The van der Waals surface area contributed by atoms with Crippen LogP contribution in [0.5, 0.6) is 51.7 Å². The van der Waals surface area contributed by atoms with Crippen LogP contribution in [0.15, 0.2) is 84.6 Å². The lowest BCUT2D eigenvalue weighted by Gasteiger charge is -2.43. The van der Waals surface area contributed by atoms with E-state index in [9.17, 15) is 91.3 Å². The molecule has 0 aromatic heterocycles. The van der Waals surface area contributed by atoms with Crippen molar-refractivity contribution in [1.82, 2.24) is 0 Å². The second-order valence-corrected chi connectivity index (χ2v) is 21.3. The summed E-state index contributed by atoms with van der Waals surface area (Å²) in [6, 6.07) is 14.5. The summed E-state index contributed by atoms with van der Waals surface area (Å²) < 4.78 is 74.2. The van der Waals surface area contributed by atoms with Crippen molar-refractivity contribution >= 4 is 30.2 Å². The zero-order chi connectivity index (χ0) is 65.0. The second kappa shape index (κ2) is 28.7. The van der Waals surface area contributed by atoms with Gasteiger partial charge in [0.2, 0.25) is 24.6 Å². The maximum absolute atomic E-state index is 13.1. The molecule has 21 atom stereocenters. The Hall–Kier alpha value is -7.64. The van der Waals surface area contributed by atoms with Gasteiger partial charge in [0, 0.05) is 29.8 Å². The molecule has 31 nitrogen and oxygen atoms in total. The average Bonchev–Trinajstić information content (AvgIpc) is 0.782. The van der Waals surface area contributed by atoms with Crippen LogP contribution in [0, 0.1) is 0 Å². The van der Waals surface area contributed by atoms with Gasteiger partial charge in [0.05, 0.1) is 39.1 Å². The van der Waals surface area contributed by atoms with Crippen molar-refractivity contribution in [2.45, 2.75) is 136 Å². The zero-order valence-electron chi connectivity index (χ0n) is 47.8. The topological polar surface area (TPSA) is 478 Å². The van der Waals surface area contributed by atoms with Crippen LogP contribution in [0.2, 0.25) is 0 Å². The lowest BCUT2D eigenvalue weighted by Crippen LogP contribution is -2.61. The number of phenolic OH excluding ortho intramolecular Hbond substituents is 4. The van der Waals surface area contributed by atoms with Crippen LogP contribution in [-0.4, -0.2) is 251 Å². The summed E-state index contributed by atoms with van der Waals surface area (Å²) in [7, 11) is 2.51. The molecule has 5 aliphatic heterocycles. The van der Waals surface area contributed by atoms with Gasteiger partial charge in [0.15, 0.2) is 41.5 Å². The fourth-order valence-corrected chi connectivity index (χ4v) is 10.1. The summed E-state index contributed by atoms with van der Waals surface area (Å²) in [6.07, 6.45) is -29.8. The Labute approximate surface area is 510 Å². The van der Waals surface area contributed by atoms with E-state index < -0.39 is 178 Å². The number of hydrogen-bond acceptors (Lipinski definition) is 31. The van der Waals surface area contributed by atoms with E-state index in [1.165, 1.54) is 100 Å². The number of fused-ring (bicyclic) bond motifs is 1. The number of rotatable bonds is 20. The number of aliphatic hydroxyl groups excluding tert-OH is 12. The fraction of sp³-hybridized carbons (Fsp3) is 0.458. The number of carbonyl (C=O) groups excluding carboxylic acids is 2. The van der Waals surface area contributed by atoms with Gasteiger partial charge in [-0.05, 0) is 72.7 Å². The van der Waals surface area contributed by atoms with Gasteiger partial charge in [-0.1, -0.05) is 18.2 Å². The van der Waals surface area contributed by atoms with Crippen LogP contribution in [0.4, 0.5) is 0 Å². The van der Waals surface area contributed by atoms with Crippen LogP contribution >= 0.6 is 0 Å². The van der Waals surface area contributed by atoms with E-state index >= 15 is 0 Å². The van der Waals surface area contributed by atoms with Crippen molar-refractivity contribution in [3.05, 3.63) is 107 Å². The zero-order valence-corrected chi connectivity index (χ0v) is 47.8. The molecule has 4 aromatic carbocycles. The lowest BCUT2D eigenvalue weighted by molar-refractivity contribution is -0.325. The average molecular weight is 1270 g/mol. The summed E-state index contributed by atoms with van der Waals surface area (Å²) in [4.78, 5) is 25.5. The van der Waals surface area contributed by atoms with Gasteiger partial charge in [0.1, 0.15) is 121 Å². The highest BCUT2D eigenvalue weighted by Gasteiger charge is 2.51. The van der Waals surface area contributed by atoms with Crippen molar-refractivity contribution in [3.63, 3.8) is 0 Å². The van der Waals surface area contributed by atoms with E-state index in [-0.39, 0.29) is 51.4 Å². The van der Waals surface area contributed by atoms with Gasteiger partial charge in [-0.15, -0.1) is 0 Å². The minimum absolute atomic E-state index is 0.0341. The number of phenols is 4. The highest BCUT2D eigenvalue weighted by Crippen LogP contribution is 2.48. The number of methoxy groups -OCH3 is 2. The van der Waals surface area contributed by atoms with Gasteiger partial charge in [-0.25, -0.2) is 9.59 Å². The maximum atomic E-state index is 13.1. The monoisotopic (exact) mass is 1270 g/mol. The first-order valence-corrected chi connectivity index (χ1v) is 27.8. The minimum atomic E-state index is -2.02. The first-order valence-electron chi connectivity index (χ1n) is 27.8. The summed E-state index contributed by atoms with van der Waals surface area (Å²) in [5, 5.41) is 170. The highest BCUT2D eigenvalue weighted by molar-refractivity contribution is 5.88. The molecule has 490 valence electrons. The summed E-state index contributed by atoms with van der Waals surface area (Å²) >= 11 is 0. The van der Waals surface area contributed by atoms with E-state index in [4.69, 9.17) is 61.6 Å². The lowest BCUT2D eigenvalue weighted by atomic mass is 9.97. The second-order valence-electron chi connectivity index (χ2n) is 21.3. The molecule has 90 heavy (non-hydrogen) atoms. The van der Waals surface area contributed by atoms with Gasteiger partial charge in [-0.2, -0.15) is 0 Å². The third-order valence-electron chi connectivity index (χ3n) is 15.2. The number of benzene rings is 4. The first kappa shape index (κ1) is 66.8. The number of ether oxygens (including phenoxy) is 13. The third-order valence-corrected chi connectivity index (χ3v) is 15.2. The molecule has 0 spiro atoms. The molecule has 9 rings (SSSR count). The Morgan fingerprint density at radius 3 is 1.69 bits per heavy atom. The molecule has 0 aliphatic carbocycles. The Balaban J connectivity index is 0.815. The number of hydrogen-bond donors (Lipinski definition) is 16. The van der Waals surface area contributed by atoms with E-state index in [0.717, 1.165) is 18.2 Å². The standard InChI is InChI=1S/C59H68O31/c1-23-54(90-41(65)13-7-24-4-9-28(10-5-24)83-57-50(74)47(71)44(68)38(88-57)21-80-40(64)12-8-25-6-11-30(62)31(63)14-25)49(73)53(77)56(82-23)81-22-39-45(69)48(72)52(76)59(89-39)86-36-19-29-32(84-55(36)26-15-34(78-2)42(66)35(16-26)79-3)17-27(61)18-33(29)85-58-51(75)46(70)43(67)37(20-60)87-58/h4-19,23,37-39,43-63,66-77H,20-22H2,1-3H3/b12-8+,13-7+/t23-,37+,38+,39+,43+,44+,45+,46-,47-,48+,49-,50+,51-,52+,53-,54-,55?,56+,57+,58+,59+/m0/s1. The van der Waals surface area contributed by atoms with Gasteiger partial charge in [0.25, 0.3) is 0 Å². The van der Waals surface area contributed by atoms with Crippen LogP contribution < -0.4 is 23.7 Å². The van der Waals surface area contributed by atoms with Gasteiger partial charge >= 0.3 is 11.9 Å². The number of aliphatic hydroxyl groups is 12. The van der Waals surface area contributed by atoms with E-state index in [1.54, 1.807) is 0 Å². The maximum Gasteiger partial charge on any atom is 0.331 e. The van der Waals surface area contributed by atoms with E-state index in [1.807, 2.05) is 0 Å². The third kappa shape index (κ3) is 14.7. The van der Waals surface area contributed by atoms with Crippen LogP contribution in [0.1, 0.15) is 35.3 Å². The van der Waals surface area contributed by atoms with Crippen LogP contribution in [-0.2, 0) is 47.5 Å². The van der Waals surface area contributed by atoms with Crippen molar-refractivity contribution in [2.75, 3.05) is 34.0 Å². The predicted molar refractivity (Wildman–Crippen MR) is 298 cm³/mol. The molecule has 5 heterocycles. The molecular formula is C59H68O31. The quantitative estimate of drug-likeness (QED) is 0.0248. The van der Waals surface area contributed by atoms with Crippen molar-refractivity contribution in [3.8, 4) is 51.7 Å². The summed E-state index contributed by atoms with van der Waals surface area (Å²) in [5.41, 5.74) is 0.878. The minimum Gasteiger partial charge on any atom is -0.508 e. The van der Waals surface area contributed by atoms with Crippen LogP contribution in [0.25, 0.3) is 18.2 Å². The molecule has 0 saturated carbocycles. The normalized spacial score (nSPS) is 33.5. The Bertz CT molecular complexity index is 3200. The molecule has 31 heteroatoms. The molecule has 0 radical (unpaired) electrons. The molecule has 4 saturated heterocycles. The number of aromatic hydroxyl groups is 4. The molecule has 0 amide bonds. The number of esters is 2. The van der Waals surface area contributed by atoms with Crippen molar-refractivity contribution in [2.24, 2.45) is 0 Å². The summed E-state index contributed by atoms with van der Waals surface area (Å²) in [6.45, 7) is -0.692. The Morgan fingerprint density at radius 1 is 0.533 bits per heavy atom. The van der Waals surface area contributed by atoms with Gasteiger partial charge in [-0.3, -0.25) is 0 Å². The van der Waals surface area contributed by atoms with Crippen LogP contribution in [0.3, 0.4) is 0 Å². The molecular weight excluding hydrogens is 1200 g/mol. The summed E-state index contributed by atoms with van der Waals surface area (Å²) in [5.74, 6) is -4.27. The molecule has 4 aromatic rings. The molecule has 4 fully saturated rings. The first-order chi connectivity index (χ1) is 42.9. The van der Waals surface area contributed by atoms with E-state index in [0.29, 0.717) is 11.1 Å². The fourth-order valence-electron chi connectivity index (χ4n) is 10.1. The van der Waals surface area contributed by atoms with Crippen molar-refractivity contribution in [1.29, 1.82) is 0 Å². The largest absolute Gasteiger partial charge is 0.508 e. The van der Waals surface area contributed by atoms with Gasteiger partial charge < -0.3 is 143 Å². The smallest absolute Gasteiger partial charge is 0.331 e. The highest BCUT2D eigenvalue weighted by atomic mass is 16.7. The molecule has 5 aliphatic rings. The SMILES string of the molecule is COc1cc(C2Oc3cc(O)cc(O[C@@H]4O[C@H](CO)[C@@H](O)[C@H](O)[C@@H]4O)c3C=C2O[C@@H]2O[C@H](CO[C@@H]3O[C@@H](C)[C@H](OC(=O)/C=C/c4ccc(O[C@@H]5O[C@H](COC(=O)/C=C/c6ccc(O)c(O)c6)[C@@H](O)[C@H](O)[C@H]5O)cc4)[C@@H](O)[C@@H]3O)[C@@H](O)[C@@H](O)[C@H]2O)cc(OC)c1O. The Kier molecular flexibility index (Phi) is 21.3. The van der Waals surface area contributed by atoms with Crippen molar-refractivity contribution < 1.29 is 153 Å². The van der Waals surface area contributed by atoms with E-state index in [2.05, 4.69) is 0 Å². The molecule has 1 unspecified atom stereocenters. The Morgan fingerprint density at radius 2 is 1.08 bits per heavy atom. The molecule has 16 N–H and O–H groups in total. The number of carbonyl (C=O) groups is 2.